The van der Waals surface area contributed by atoms with E-state index < -0.39 is 5.91 Å². The van der Waals surface area contributed by atoms with Gasteiger partial charge in [0.15, 0.2) is 6.29 Å². The molecule has 0 aliphatic carbocycles. The van der Waals surface area contributed by atoms with Gasteiger partial charge in [-0.05, 0) is 0 Å². The lowest BCUT2D eigenvalue weighted by atomic mass is 10.5. The molecule has 1 amide bonds. The lowest BCUT2D eigenvalue weighted by molar-refractivity contribution is -0.118. The zero-order valence-electron chi connectivity index (χ0n) is 5.73. The molecule has 58 valence electrons. The zero-order valence-corrected chi connectivity index (χ0v) is 5.73. The number of imidazole rings is 1. The average molecular weight is 153 g/mol. The van der Waals surface area contributed by atoms with E-state index in [0.717, 1.165) is 0 Å². The fourth-order valence-electron chi connectivity index (χ4n) is 0.729. The molecule has 11 heavy (non-hydrogen) atoms. The highest BCUT2D eigenvalue weighted by Crippen LogP contribution is 1.93. The topological polar surface area (TPSA) is 78.0 Å². The lowest BCUT2D eigenvalue weighted by Gasteiger charge is -1.97. The average Bonchev–Trinajstić information content (AvgIpc) is 2.34. The molecule has 0 unspecified atom stereocenters. The number of hydrogen-bond acceptors (Lipinski definition) is 3. The first-order valence-electron chi connectivity index (χ1n) is 2.97. The molecule has 5 heteroatoms. The quantitative estimate of drug-likeness (QED) is 0.576. The number of carbonyl (C=O) groups excluding carboxylic acids is 2. The maximum absolute atomic E-state index is 10.4. The van der Waals surface area contributed by atoms with Gasteiger partial charge in [-0.15, -0.1) is 0 Å². The summed E-state index contributed by atoms with van der Waals surface area (Å²) in [6, 6.07) is 0. The van der Waals surface area contributed by atoms with Crippen molar-refractivity contribution in [3.8, 4) is 0 Å². The van der Waals surface area contributed by atoms with Crippen LogP contribution in [-0.4, -0.2) is 21.7 Å². The van der Waals surface area contributed by atoms with Crippen LogP contribution in [0.5, 0.6) is 0 Å². The normalized spacial score (nSPS) is 9.45. The first-order chi connectivity index (χ1) is 5.24. The van der Waals surface area contributed by atoms with Gasteiger partial charge in [-0.1, -0.05) is 0 Å². The Kier molecular flexibility index (Phi) is 2.00. The van der Waals surface area contributed by atoms with Gasteiger partial charge in [0.1, 0.15) is 12.2 Å². The van der Waals surface area contributed by atoms with Crippen molar-refractivity contribution in [1.29, 1.82) is 0 Å². The maximum atomic E-state index is 10.4. The van der Waals surface area contributed by atoms with Gasteiger partial charge in [-0.3, -0.25) is 9.59 Å². The van der Waals surface area contributed by atoms with Crippen molar-refractivity contribution >= 4 is 12.2 Å². The predicted molar refractivity (Wildman–Crippen MR) is 36.8 cm³/mol. The molecule has 1 aromatic rings. The van der Waals surface area contributed by atoms with Crippen LogP contribution >= 0.6 is 0 Å². The van der Waals surface area contributed by atoms with Crippen molar-refractivity contribution in [1.82, 2.24) is 9.55 Å². The van der Waals surface area contributed by atoms with Gasteiger partial charge in [0.25, 0.3) is 0 Å². The molecule has 2 N–H and O–H groups in total. The minimum absolute atomic E-state index is 0.00588. The Balaban J connectivity index is 2.84. The Bertz CT molecular complexity index is 279. The Hall–Kier alpha value is -1.65. The molecular weight excluding hydrogens is 146 g/mol. The molecule has 1 rings (SSSR count). The second-order valence-electron chi connectivity index (χ2n) is 2.03. The van der Waals surface area contributed by atoms with Crippen LogP contribution in [0.3, 0.4) is 0 Å². The van der Waals surface area contributed by atoms with E-state index in [-0.39, 0.29) is 6.54 Å². The van der Waals surface area contributed by atoms with Crippen LogP contribution in [0.25, 0.3) is 0 Å². The summed E-state index contributed by atoms with van der Waals surface area (Å²) in [5.74, 6) is -0.494. The number of aromatic nitrogens is 2. The molecule has 0 aliphatic heterocycles. The Morgan fingerprint density at radius 2 is 2.55 bits per heavy atom. The van der Waals surface area contributed by atoms with E-state index in [4.69, 9.17) is 5.73 Å². The molecule has 1 heterocycles. The third kappa shape index (κ3) is 1.64. The lowest BCUT2D eigenvalue weighted by Crippen LogP contribution is -2.19. The summed E-state index contributed by atoms with van der Waals surface area (Å²) in [4.78, 5) is 24.3. The SMILES string of the molecule is NC(=O)Cn1cncc1C=O. The molecule has 5 nitrogen and oxygen atoms in total. The molecule has 0 spiro atoms. The minimum Gasteiger partial charge on any atom is -0.368 e. The molecule has 0 radical (unpaired) electrons. The molecule has 0 saturated carbocycles. The van der Waals surface area contributed by atoms with Crippen LogP contribution in [-0.2, 0) is 11.3 Å². The Labute approximate surface area is 62.8 Å². The minimum atomic E-state index is -0.494. The summed E-state index contributed by atoms with van der Waals surface area (Å²) in [5.41, 5.74) is 5.25. The smallest absolute Gasteiger partial charge is 0.237 e. The second kappa shape index (κ2) is 2.96. The fourth-order valence-corrected chi connectivity index (χ4v) is 0.729. The first kappa shape index (κ1) is 7.46. The van der Waals surface area contributed by atoms with E-state index in [9.17, 15) is 9.59 Å². The highest BCUT2D eigenvalue weighted by atomic mass is 16.1. The molecule has 0 atom stereocenters. The summed E-state index contributed by atoms with van der Waals surface area (Å²) < 4.78 is 1.38. The number of hydrogen-bond donors (Lipinski definition) is 1. The molecule has 0 saturated heterocycles. The van der Waals surface area contributed by atoms with Crippen LogP contribution in [0.4, 0.5) is 0 Å². The van der Waals surface area contributed by atoms with Crippen molar-refractivity contribution in [2.75, 3.05) is 0 Å². The van der Waals surface area contributed by atoms with Crippen molar-refractivity contribution in [2.45, 2.75) is 6.54 Å². The van der Waals surface area contributed by atoms with Crippen molar-refractivity contribution < 1.29 is 9.59 Å². The standard InChI is InChI=1S/C6H7N3O2/c7-6(11)2-9-4-8-1-5(9)3-10/h1,3-4H,2H2,(H2,7,11). The van der Waals surface area contributed by atoms with Gasteiger partial charge in [-0.25, -0.2) is 4.98 Å². The molecule has 0 aliphatic rings. The summed E-state index contributed by atoms with van der Waals surface area (Å²) in [7, 11) is 0. The van der Waals surface area contributed by atoms with Crippen LogP contribution < -0.4 is 5.73 Å². The van der Waals surface area contributed by atoms with Crippen molar-refractivity contribution in [3.63, 3.8) is 0 Å². The van der Waals surface area contributed by atoms with Crippen molar-refractivity contribution in [2.24, 2.45) is 5.73 Å². The third-order valence-electron chi connectivity index (χ3n) is 1.19. The Morgan fingerprint density at radius 3 is 3.09 bits per heavy atom. The van der Waals surface area contributed by atoms with Gasteiger partial charge in [0.2, 0.25) is 5.91 Å². The van der Waals surface area contributed by atoms with E-state index in [1.54, 1.807) is 0 Å². The molecule has 0 fully saturated rings. The highest BCUT2D eigenvalue weighted by Gasteiger charge is 2.01. The van der Waals surface area contributed by atoms with Crippen LogP contribution in [0.15, 0.2) is 12.5 Å². The summed E-state index contributed by atoms with van der Waals surface area (Å²) >= 11 is 0. The Morgan fingerprint density at radius 1 is 1.82 bits per heavy atom. The molecule has 1 aromatic heterocycles. The van der Waals surface area contributed by atoms with Crippen molar-refractivity contribution in [3.05, 3.63) is 18.2 Å². The number of aldehydes is 1. The van der Waals surface area contributed by atoms with Gasteiger partial charge in [0, 0.05) is 0 Å². The monoisotopic (exact) mass is 153 g/mol. The number of amides is 1. The number of nitrogens with zero attached hydrogens (tertiary/aromatic N) is 2. The van der Waals surface area contributed by atoms with Crippen LogP contribution in [0, 0.1) is 0 Å². The fraction of sp³-hybridized carbons (Fsp3) is 0.167. The zero-order chi connectivity index (χ0) is 8.27. The molecule has 0 aromatic carbocycles. The van der Waals surface area contributed by atoms with Crippen LogP contribution in [0.2, 0.25) is 0 Å². The van der Waals surface area contributed by atoms with E-state index in [1.807, 2.05) is 0 Å². The van der Waals surface area contributed by atoms with E-state index >= 15 is 0 Å². The summed E-state index contributed by atoms with van der Waals surface area (Å²) in [5, 5.41) is 0. The number of primary amides is 1. The maximum Gasteiger partial charge on any atom is 0.237 e. The first-order valence-corrected chi connectivity index (χ1v) is 2.97. The summed E-state index contributed by atoms with van der Waals surface area (Å²) in [6.45, 7) is -0.00588. The highest BCUT2D eigenvalue weighted by molar-refractivity contribution is 5.76. The summed E-state index contributed by atoms with van der Waals surface area (Å²) in [6.07, 6.45) is 3.38. The van der Waals surface area contributed by atoms with Gasteiger partial charge in [0.05, 0.1) is 12.5 Å². The van der Waals surface area contributed by atoms with E-state index in [2.05, 4.69) is 4.98 Å². The van der Waals surface area contributed by atoms with Gasteiger partial charge < -0.3 is 10.3 Å². The number of carbonyl (C=O) groups is 2. The number of rotatable bonds is 3. The van der Waals surface area contributed by atoms with E-state index in [1.165, 1.54) is 17.1 Å². The number of nitrogens with two attached hydrogens (primary N) is 1. The third-order valence-corrected chi connectivity index (χ3v) is 1.19. The predicted octanol–water partition coefficient (Wildman–Crippen LogP) is -0.819. The largest absolute Gasteiger partial charge is 0.368 e. The van der Waals surface area contributed by atoms with E-state index in [0.29, 0.717) is 12.0 Å². The molecular formula is C6H7N3O2. The second-order valence-corrected chi connectivity index (χ2v) is 2.03. The van der Waals surface area contributed by atoms with Gasteiger partial charge >= 0.3 is 0 Å². The van der Waals surface area contributed by atoms with Gasteiger partial charge in [-0.2, -0.15) is 0 Å². The molecule has 0 bridgehead atoms. The van der Waals surface area contributed by atoms with Crippen LogP contribution in [0.1, 0.15) is 10.5 Å².